The van der Waals surface area contributed by atoms with Gasteiger partial charge in [-0.3, -0.25) is 4.79 Å². The van der Waals surface area contributed by atoms with Gasteiger partial charge in [0.15, 0.2) is 0 Å². The van der Waals surface area contributed by atoms with E-state index in [-0.39, 0.29) is 23.5 Å². The molecular weight excluding hydrogens is 236 g/mol. The van der Waals surface area contributed by atoms with Crippen LogP contribution < -0.4 is 5.73 Å². The summed E-state index contributed by atoms with van der Waals surface area (Å²) in [4.78, 5) is 14.2. The maximum absolute atomic E-state index is 12.2. The van der Waals surface area contributed by atoms with Crippen molar-refractivity contribution < 1.29 is 9.90 Å². The number of amides is 1. The summed E-state index contributed by atoms with van der Waals surface area (Å²) < 4.78 is 0. The monoisotopic (exact) mass is 258 g/mol. The maximum Gasteiger partial charge on any atom is 0.232 e. The second kappa shape index (κ2) is 6.91. The lowest BCUT2D eigenvalue weighted by atomic mass is 9.93. The number of nitrogens with zero attached hydrogens (tertiary/aromatic N) is 1. The standard InChI is InChI=1S/C12H22N2O2S/c1-9(11(13)17)12(16)14(7-8-15)10-5-3-2-4-6-10/h9-10,15H,2-8H2,1H3,(H2,13,17). The number of hydrogen-bond acceptors (Lipinski definition) is 3. The zero-order valence-electron chi connectivity index (χ0n) is 10.4. The quantitative estimate of drug-likeness (QED) is 0.724. The van der Waals surface area contributed by atoms with Crippen LogP contribution in [0.25, 0.3) is 0 Å². The van der Waals surface area contributed by atoms with Crippen LogP contribution in [0, 0.1) is 5.92 Å². The maximum atomic E-state index is 12.2. The fourth-order valence-electron chi connectivity index (χ4n) is 2.34. The molecule has 0 aromatic carbocycles. The molecule has 1 aliphatic rings. The number of hydrogen-bond donors (Lipinski definition) is 2. The smallest absolute Gasteiger partial charge is 0.232 e. The van der Waals surface area contributed by atoms with E-state index in [4.69, 9.17) is 23.1 Å². The molecule has 98 valence electrons. The Morgan fingerprint density at radius 1 is 1.47 bits per heavy atom. The number of aliphatic hydroxyl groups is 1. The van der Waals surface area contributed by atoms with E-state index in [1.54, 1.807) is 11.8 Å². The van der Waals surface area contributed by atoms with E-state index < -0.39 is 5.92 Å². The van der Waals surface area contributed by atoms with E-state index in [2.05, 4.69) is 0 Å². The molecule has 0 heterocycles. The number of carbonyl (C=O) groups excluding carboxylic acids is 1. The summed E-state index contributed by atoms with van der Waals surface area (Å²) in [7, 11) is 0. The molecule has 5 heteroatoms. The molecule has 1 rings (SSSR count). The Kier molecular flexibility index (Phi) is 5.85. The number of thiocarbonyl (C=S) groups is 1. The first-order valence-electron chi connectivity index (χ1n) is 6.28. The van der Waals surface area contributed by atoms with Gasteiger partial charge in [0.1, 0.15) is 0 Å². The molecule has 1 amide bonds. The van der Waals surface area contributed by atoms with E-state index in [9.17, 15) is 4.79 Å². The van der Waals surface area contributed by atoms with Crippen molar-refractivity contribution in [2.45, 2.75) is 45.1 Å². The van der Waals surface area contributed by atoms with Gasteiger partial charge in [0.25, 0.3) is 0 Å². The zero-order chi connectivity index (χ0) is 12.8. The van der Waals surface area contributed by atoms with Crippen molar-refractivity contribution in [1.82, 2.24) is 4.90 Å². The van der Waals surface area contributed by atoms with Gasteiger partial charge in [0.05, 0.1) is 17.5 Å². The molecule has 1 saturated carbocycles. The molecule has 0 spiro atoms. The van der Waals surface area contributed by atoms with Crippen molar-refractivity contribution in [2.75, 3.05) is 13.2 Å². The summed E-state index contributed by atoms with van der Waals surface area (Å²) in [6.45, 7) is 2.11. The van der Waals surface area contributed by atoms with Gasteiger partial charge in [-0.2, -0.15) is 0 Å². The zero-order valence-corrected chi connectivity index (χ0v) is 11.2. The summed E-state index contributed by atoms with van der Waals surface area (Å²) >= 11 is 4.87. The Labute approximate surface area is 108 Å². The van der Waals surface area contributed by atoms with Crippen LogP contribution in [0.15, 0.2) is 0 Å². The highest BCUT2D eigenvalue weighted by Crippen LogP contribution is 2.23. The predicted molar refractivity (Wildman–Crippen MR) is 71.6 cm³/mol. The lowest BCUT2D eigenvalue weighted by Gasteiger charge is -2.35. The number of carbonyl (C=O) groups is 1. The minimum atomic E-state index is -0.432. The molecule has 1 unspecified atom stereocenters. The first kappa shape index (κ1) is 14.4. The Bertz CT molecular complexity index is 278. The third kappa shape index (κ3) is 3.92. The second-order valence-corrected chi connectivity index (χ2v) is 5.14. The number of aliphatic hydroxyl groups excluding tert-OH is 1. The number of nitrogens with two attached hydrogens (primary N) is 1. The van der Waals surface area contributed by atoms with Gasteiger partial charge in [0.2, 0.25) is 5.91 Å². The Hall–Kier alpha value is -0.680. The average molecular weight is 258 g/mol. The average Bonchev–Trinajstić information content (AvgIpc) is 2.35. The second-order valence-electron chi connectivity index (χ2n) is 4.67. The fraction of sp³-hybridized carbons (Fsp3) is 0.833. The summed E-state index contributed by atoms with van der Waals surface area (Å²) in [5, 5.41) is 9.08. The molecule has 1 fully saturated rings. The molecule has 17 heavy (non-hydrogen) atoms. The van der Waals surface area contributed by atoms with E-state index in [0.29, 0.717) is 6.54 Å². The van der Waals surface area contributed by atoms with E-state index in [1.165, 1.54) is 6.42 Å². The van der Waals surface area contributed by atoms with Gasteiger partial charge in [-0.05, 0) is 19.8 Å². The molecule has 0 radical (unpaired) electrons. The molecule has 0 aliphatic heterocycles. The molecule has 0 aromatic rings. The normalized spacial score (nSPS) is 18.7. The van der Waals surface area contributed by atoms with Gasteiger partial charge in [-0.1, -0.05) is 31.5 Å². The van der Waals surface area contributed by atoms with Crippen molar-refractivity contribution in [2.24, 2.45) is 11.7 Å². The van der Waals surface area contributed by atoms with Crippen LogP contribution in [0.4, 0.5) is 0 Å². The fourth-order valence-corrected chi connectivity index (χ4v) is 2.44. The molecule has 3 N–H and O–H groups in total. The predicted octanol–water partition coefficient (Wildman–Crippen LogP) is 1.06. The van der Waals surface area contributed by atoms with Gasteiger partial charge >= 0.3 is 0 Å². The lowest BCUT2D eigenvalue weighted by Crippen LogP contribution is -2.47. The van der Waals surface area contributed by atoms with Crippen LogP contribution >= 0.6 is 12.2 Å². The van der Waals surface area contributed by atoms with Gasteiger partial charge in [-0.15, -0.1) is 0 Å². The topological polar surface area (TPSA) is 66.6 Å². The largest absolute Gasteiger partial charge is 0.395 e. The van der Waals surface area contributed by atoms with E-state index in [0.717, 1.165) is 25.7 Å². The van der Waals surface area contributed by atoms with E-state index >= 15 is 0 Å². The van der Waals surface area contributed by atoms with Crippen molar-refractivity contribution in [3.8, 4) is 0 Å². The van der Waals surface area contributed by atoms with Gasteiger partial charge in [0, 0.05) is 12.6 Å². The van der Waals surface area contributed by atoms with Crippen molar-refractivity contribution in [3.05, 3.63) is 0 Å². The lowest BCUT2D eigenvalue weighted by molar-refractivity contribution is -0.136. The Morgan fingerprint density at radius 2 is 2.06 bits per heavy atom. The third-order valence-electron chi connectivity index (χ3n) is 3.44. The molecule has 0 aromatic heterocycles. The highest BCUT2D eigenvalue weighted by Gasteiger charge is 2.29. The van der Waals surface area contributed by atoms with Gasteiger partial charge in [-0.25, -0.2) is 0 Å². The molecule has 0 bridgehead atoms. The van der Waals surface area contributed by atoms with Crippen molar-refractivity contribution >= 4 is 23.1 Å². The highest BCUT2D eigenvalue weighted by atomic mass is 32.1. The van der Waals surface area contributed by atoms with Crippen molar-refractivity contribution in [1.29, 1.82) is 0 Å². The van der Waals surface area contributed by atoms with Crippen LogP contribution in [0.1, 0.15) is 39.0 Å². The molecule has 1 atom stereocenters. The van der Waals surface area contributed by atoms with Gasteiger partial charge < -0.3 is 15.7 Å². The Morgan fingerprint density at radius 3 is 2.53 bits per heavy atom. The van der Waals surface area contributed by atoms with Crippen LogP contribution in [0.5, 0.6) is 0 Å². The Balaban J connectivity index is 2.69. The molecule has 4 nitrogen and oxygen atoms in total. The van der Waals surface area contributed by atoms with Crippen molar-refractivity contribution in [3.63, 3.8) is 0 Å². The van der Waals surface area contributed by atoms with Crippen LogP contribution in [-0.2, 0) is 4.79 Å². The summed E-state index contributed by atoms with van der Waals surface area (Å²) in [5.41, 5.74) is 5.52. The minimum absolute atomic E-state index is 0.00765. The molecule has 0 saturated heterocycles. The summed E-state index contributed by atoms with van der Waals surface area (Å²) in [6.07, 6.45) is 5.59. The van der Waals surface area contributed by atoms with Crippen LogP contribution in [0.3, 0.4) is 0 Å². The van der Waals surface area contributed by atoms with Crippen LogP contribution in [0.2, 0.25) is 0 Å². The highest BCUT2D eigenvalue weighted by molar-refractivity contribution is 7.80. The first-order valence-corrected chi connectivity index (χ1v) is 6.69. The van der Waals surface area contributed by atoms with Crippen LogP contribution in [-0.4, -0.2) is 40.1 Å². The molecular formula is C12H22N2O2S. The summed E-state index contributed by atoms with van der Waals surface area (Å²) in [6, 6.07) is 0.250. The summed E-state index contributed by atoms with van der Waals surface area (Å²) in [5.74, 6) is -0.475. The number of rotatable bonds is 5. The minimum Gasteiger partial charge on any atom is -0.395 e. The first-order chi connectivity index (χ1) is 8.07. The molecule has 1 aliphatic carbocycles. The van der Waals surface area contributed by atoms with E-state index in [1.807, 2.05) is 0 Å². The third-order valence-corrected chi connectivity index (χ3v) is 3.79. The SMILES string of the molecule is CC(C(=O)N(CCO)C1CCCCC1)C(N)=S.